The Bertz CT molecular complexity index is 603. The van der Waals surface area contributed by atoms with E-state index in [1.165, 1.54) is 18.2 Å². The van der Waals surface area contributed by atoms with Crippen LogP contribution in [-0.2, 0) is 14.3 Å². The van der Waals surface area contributed by atoms with Crippen molar-refractivity contribution in [3.63, 3.8) is 0 Å². The molecule has 18 heavy (non-hydrogen) atoms. The third-order valence-corrected chi connectivity index (χ3v) is 2.94. The number of ether oxygens (including phenoxy) is 1. The Morgan fingerprint density at radius 3 is 2.17 bits per heavy atom. The molecule has 2 aliphatic rings. The number of hydrogen-bond donors (Lipinski definition) is 0. The van der Waals surface area contributed by atoms with E-state index < -0.39 is 11.9 Å². The van der Waals surface area contributed by atoms with Crippen LogP contribution in [0.4, 0.5) is 5.69 Å². The number of imide groups is 1. The van der Waals surface area contributed by atoms with Crippen molar-refractivity contribution in [2.24, 2.45) is 0 Å². The van der Waals surface area contributed by atoms with E-state index in [2.05, 4.69) is 4.74 Å². The molecule has 0 unspecified atom stereocenters. The zero-order valence-electron chi connectivity index (χ0n) is 9.13. The first-order valence-corrected chi connectivity index (χ1v) is 5.34. The van der Waals surface area contributed by atoms with E-state index in [0.717, 1.165) is 4.90 Å². The number of carbonyl (C=O) groups is 4. The van der Waals surface area contributed by atoms with Gasteiger partial charge in [0.15, 0.2) is 0 Å². The summed E-state index contributed by atoms with van der Waals surface area (Å²) in [6, 6.07) is 4.18. The molecule has 6 nitrogen and oxygen atoms in total. The standard InChI is InChI=1S/C12H7NO5/c14-9-3-4-10(15)13(9)6-1-2-7-8(5-6)12(17)18-11(7)16/h1-2,5H,3-4H2. The molecular formula is C12H7NO5. The van der Waals surface area contributed by atoms with Crippen LogP contribution in [0.1, 0.15) is 33.6 Å². The third kappa shape index (κ3) is 1.35. The summed E-state index contributed by atoms with van der Waals surface area (Å²) >= 11 is 0. The topological polar surface area (TPSA) is 80.8 Å². The Morgan fingerprint density at radius 2 is 1.50 bits per heavy atom. The van der Waals surface area contributed by atoms with Crippen molar-refractivity contribution in [1.29, 1.82) is 0 Å². The van der Waals surface area contributed by atoms with Crippen molar-refractivity contribution in [3.8, 4) is 0 Å². The molecule has 6 heteroatoms. The maximum Gasteiger partial charge on any atom is 0.346 e. The largest absolute Gasteiger partial charge is 0.386 e. The summed E-state index contributed by atoms with van der Waals surface area (Å²) in [6.45, 7) is 0. The van der Waals surface area contributed by atoms with Crippen LogP contribution < -0.4 is 4.90 Å². The molecule has 0 aliphatic carbocycles. The number of nitrogens with zero attached hydrogens (tertiary/aromatic N) is 1. The predicted molar refractivity (Wildman–Crippen MR) is 57.9 cm³/mol. The minimum atomic E-state index is -0.754. The highest BCUT2D eigenvalue weighted by molar-refractivity contribution is 6.21. The molecule has 2 heterocycles. The molecule has 2 amide bonds. The molecule has 0 N–H and O–H groups in total. The lowest BCUT2D eigenvalue weighted by Crippen LogP contribution is -2.28. The quantitative estimate of drug-likeness (QED) is 0.412. The van der Waals surface area contributed by atoms with Crippen molar-refractivity contribution in [1.82, 2.24) is 0 Å². The highest BCUT2D eigenvalue weighted by Gasteiger charge is 2.34. The number of cyclic esters (lactones) is 2. The van der Waals surface area contributed by atoms with E-state index in [1.807, 2.05) is 0 Å². The first kappa shape index (κ1) is 10.6. The molecule has 0 bridgehead atoms. The molecule has 0 spiro atoms. The van der Waals surface area contributed by atoms with Gasteiger partial charge in [-0.2, -0.15) is 0 Å². The van der Waals surface area contributed by atoms with Gasteiger partial charge in [-0.25, -0.2) is 9.59 Å². The summed E-state index contributed by atoms with van der Waals surface area (Å²) < 4.78 is 4.44. The van der Waals surface area contributed by atoms with Gasteiger partial charge in [0.2, 0.25) is 11.8 Å². The molecular weight excluding hydrogens is 238 g/mol. The number of esters is 2. The van der Waals surface area contributed by atoms with E-state index >= 15 is 0 Å². The van der Waals surface area contributed by atoms with Gasteiger partial charge in [-0.1, -0.05) is 0 Å². The smallest absolute Gasteiger partial charge is 0.346 e. The zero-order chi connectivity index (χ0) is 12.9. The summed E-state index contributed by atoms with van der Waals surface area (Å²) in [5, 5.41) is 0. The van der Waals surface area contributed by atoms with Gasteiger partial charge in [-0.3, -0.25) is 14.5 Å². The molecule has 90 valence electrons. The molecule has 0 atom stereocenters. The second kappa shape index (κ2) is 3.49. The average molecular weight is 245 g/mol. The van der Waals surface area contributed by atoms with Crippen LogP contribution in [0.5, 0.6) is 0 Å². The van der Waals surface area contributed by atoms with Crippen molar-refractivity contribution in [2.75, 3.05) is 4.90 Å². The molecule has 0 radical (unpaired) electrons. The van der Waals surface area contributed by atoms with E-state index in [9.17, 15) is 19.2 Å². The minimum absolute atomic E-state index is 0.0880. The van der Waals surface area contributed by atoms with Gasteiger partial charge in [-0.15, -0.1) is 0 Å². The number of rotatable bonds is 1. The summed E-state index contributed by atoms with van der Waals surface area (Å²) in [7, 11) is 0. The first-order chi connectivity index (χ1) is 8.58. The van der Waals surface area contributed by atoms with Crippen LogP contribution in [0, 0.1) is 0 Å². The fourth-order valence-electron chi connectivity index (χ4n) is 2.08. The van der Waals surface area contributed by atoms with Gasteiger partial charge in [0, 0.05) is 12.8 Å². The summed E-state index contributed by atoms with van der Waals surface area (Å²) in [5.41, 5.74) is 0.542. The van der Waals surface area contributed by atoms with E-state index in [4.69, 9.17) is 0 Å². The number of hydrogen-bond acceptors (Lipinski definition) is 5. The van der Waals surface area contributed by atoms with Crippen molar-refractivity contribution in [2.45, 2.75) is 12.8 Å². The minimum Gasteiger partial charge on any atom is -0.386 e. The highest BCUT2D eigenvalue weighted by atomic mass is 16.6. The Labute approximate surface area is 101 Å². The Morgan fingerprint density at radius 1 is 0.889 bits per heavy atom. The molecule has 2 aliphatic heterocycles. The lowest BCUT2D eigenvalue weighted by molar-refractivity contribution is -0.121. The summed E-state index contributed by atoms with van der Waals surface area (Å²) in [4.78, 5) is 46.8. The third-order valence-electron chi connectivity index (χ3n) is 2.94. The van der Waals surface area contributed by atoms with Crippen molar-refractivity contribution < 1.29 is 23.9 Å². The second-order valence-corrected chi connectivity index (χ2v) is 4.03. The Kier molecular flexibility index (Phi) is 2.07. The van der Waals surface area contributed by atoms with E-state index in [-0.39, 0.29) is 35.8 Å². The lowest BCUT2D eigenvalue weighted by atomic mass is 10.1. The maximum absolute atomic E-state index is 11.6. The fraction of sp³-hybridized carbons (Fsp3) is 0.167. The fourth-order valence-corrected chi connectivity index (χ4v) is 2.08. The molecule has 1 fully saturated rings. The Balaban J connectivity index is 2.08. The number of amides is 2. The number of fused-ring (bicyclic) bond motifs is 1. The maximum atomic E-state index is 11.6. The molecule has 0 aromatic heterocycles. The monoisotopic (exact) mass is 245 g/mol. The molecule has 3 rings (SSSR count). The number of anilines is 1. The number of carbonyl (C=O) groups excluding carboxylic acids is 4. The normalized spacial score (nSPS) is 18.3. The molecule has 1 aromatic carbocycles. The van der Waals surface area contributed by atoms with Gasteiger partial charge >= 0.3 is 11.9 Å². The van der Waals surface area contributed by atoms with Crippen LogP contribution >= 0.6 is 0 Å². The first-order valence-electron chi connectivity index (χ1n) is 5.34. The SMILES string of the molecule is O=C1OC(=O)c2cc(N3C(=O)CCC3=O)ccc21. The van der Waals surface area contributed by atoms with Crippen molar-refractivity contribution >= 4 is 29.4 Å². The van der Waals surface area contributed by atoms with Crippen LogP contribution in [0.15, 0.2) is 18.2 Å². The molecule has 0 saturated carbocycles. The van der Waals surface area contributed by atoms with E-state index in [1.54, 1.807) is 0 Å². The van der Waals surface area contributed by atoms with Gasteiger partial charge in [0.1, 0.15) is 0 Å². The summed E-state index contributed by atoms with van der Waals surface area (Å²) in [5.74, 6) is -2.08. The molecule has 1 aromatic rings. The zero-order valence-corrected chi connectivity index (χ0v) is 9.13. The number of benzene rings is 1. The van der Waals surface area contributed by atoms with Gasteiger partial charge < -0.3 is 4.74 Å². The highest BCUT2D eigenvalue weighted by Crippen LogP contribution is 2.28. The Hall–Kier alpha value is -2.50. The molecule has 1 saturated heterocycles. The van der Waals surface area contributed by atoms with Crippen LogP contribution in [-0.4, -0.2) is 23.8 Å². The predicted octanol–water partition coefficient (Wildman–Crippen LogP) is 0.651. The van der Waals surface area contributed by atoms with Gasteiger partial charge in [-0.05, 0) is 18.2 Å². The van der Waals surface area contributed by atoms with Crippen LogP contribution in [0.25, 0.3) is 0 Å². The van der Waals surface area contributed by atoms with E-state index in [0.29, 0.717) is 5.69 Å². The lowest BCUT2D eigenvalue weighted by Gasteiger charge is -2.13. The van der Waals surface area contributed by atoms with Crippen molar-refractivity contribution in [3.05, 3.63) is 29.3 Å². The van der Waals surface area contributed by atoms with Crippen LogP contribution in [0.3, 0.4) is 0 Å². The van der Waals surface area contributed by atoms with Crippen LogP contribution in [0.2, 0.25) is 0 Å². The van der Waals surface area contributed by atoms with Gasteiger partial charge in [0.05, 0.1) is 16.8 Å². The summed E-state index contributed by atoms with van der Waals surface area (Å²) in [6.07, 6.45) is 0.332. The second-order valence-electron chi connectivity index (χ2n) is 4.03. The average Bonchev–Trinajstić information content (AvgIpc) is 2.81. The van der Waals surface area contributed by atoms with Gasteiger partial charge in [0.25, 0.3) is 0 Å².